The molecule has 45 heavy (non-hydrogen) atoms. The number of pyridine rings is 2. The molecule has 5 rings (SSSR count). The van der Waals surface area contributed by atoms with E-state index >= 15 is 0 Å². The van der Waals surface area contributed by atoms with E-state index in [1.54, 1.807) is 12.4 Å². The highest BCUT2D eigenvalue weighted by Crippen LogP contribution is 2.34. The van der Waals surface area contributed by atoms with E-state index in [-0.39, 0.29) is 38.0 Å². The van der Waals surface area contributed by atoms with Gasteiger partial charge in [-0.2, -0.15) is 0 Å². The first-order valence-corrected chi connectivity index (χ1v) is 17.0. The van der Waals surface area contributed by atoms with Gasteiger partial charge in [-0.05, 0) is 43.9 Å². The maximum atomic E-state index is 13.7. The predicted molar refractivity (Wildman–Crippen MR) is 164 cm³/mol. The van der Waals surface area contributed by atoms with E-state index in [4.69, 9.17) is 4.84 Å². The molecule has 2 atom stereocenters. The number of nitrogens with one attached hydrogen (secondary N) is 1. The second kappa shape index (κ2) is 13.7. The van der Waals surface area contributed by atoms with E-state index in [1.807, 2.05) is 35.2 Å². The number of unbranched alkanes of at least 4 members (excludes halogenated alkanes) is 1. The maximum absolute atomic E-state index is 13.7. The van der Waals surface area contributed by atoms with Gasteiger partial charge in [0.15, 0.2) is 5.78 Å². The van der Waals surface area contributed by atoms with E-state index < -0.39 is 51.2 Å². The quantitative estimate of drug-likeness (QED) is 0.165. The molecule has 0 bridgehead atoms. The average Bonchev–Trinajstić information content (AvgIpc) is 3.62. The summed E-state index contributed by atoms with van der Waals surface area (Å²) in [6.07, 6.45) is 6.12. The lowest BCUT2D eigenvalue weighted by molar-refractivity contribution is -0.197. The van der Waals surface area contributed by atoms with Crippen molar-refractivity contribution >= 4 is 66.8 Å². The van der Waals surface area contributed by atoms with Crippen molar-refractivity contribution in [2.75, 3.05) is 30.0 Å². The highest BCUT2D eigenvalue weighted by molar-refractivity contribution is 7.90. The Morgan fingerprint density at radius 3 is 2.53 bits per heavy atom. The predicted octanol–water partition coefficient (Wildman–Crippen LogP) is 2.27. The van der Waals surface area contributed by atoms with E-state index in [1.165, 1.54) is 0 Å². The van der Waals surface area contributed by atoms with Crippen LogP contribution in [0, 0.1) is 5.92 Å². The van der Waals surface area contributed by atoms with Crippen molar-refractivity contribution < 1.29 is 37.2 Å². The summed E-state index contributed by atoms with van der Waals surface area (Å²) in [7, 11) is -3.58. The molecule has 2 aliphatic heterocycles. The zero-order chi connectivity index (χ0) is 32.1. The molecule has 0 spiro atoms. The van der Waals surface area contributed by atoms with E-state index in [2.05, 4.69) is 15.3 Å². The number of amides is 3. The molecule has 0 saturated carbocycles. The highest BCUT2D eigenvalue weighted by atomic mass is 32.2. The Hall–Kier alpha value is -4.46. The van der Waals surface area contributed by atoms with Gasteiger partial charge in [0.25, 0.3) is 11.8 Å². The summed E-state index contributed by atoms with van der Waals surface area (Å²) in [6.45, 7) is 0.768. The zero-order valence-electron chi connectivity index (χ0n) is 24.9. The number of carbonyl (C=O) groups excluding carboxylic acids is 5. The molecule has 2 fully saturated rings. The van der Waals surface area contributed by atoms with Gasteiger partial charge in [0, 0.05) is 73.9 Å². The Kier molecular flexibility index (Phi) is 9.71. The summed E-state index contributed by atoms with van der Waals surface area (Å²) < 4.78 is 24.4. The first-order valence-electron chi connectivity index (χ1n) is 15.0. The molecule has 4 heterocycles. The normalized spacial score (nSPS) is 17.7. The van der Waals surface area contributed by atoms with Gasteiger partial charge in [-0.25, -0.2) is 13.2 Å². The van der Waals surface area contributed by atoms with Gasteiger partial charge in [0.1, 0.15) is 9.84 Å². The van der Waals surface area contributed by atoms with E-state index in [0.29, 0.717) is 30.9 Å². The van der Waals surface area contributed by atoms with Crippen molar-refractivity contribution in [2.24, 2.45) is 5.92 Å². The molecule has 2 aliphatic rings. The van der Waals surface area contributed by atoms with Crippen LogP contribution in [0.3, 0.4) is 0 Å². The molecule has 14 heteroatoms. The number of Topliss-reactive ketones (excluding diaryl/α,β-unsaturated/α-hetero) is 1. The van der Waals surface area contributed by atoms with Crippen LogP contribution in [-0.4, -0.2) is 84.1 Å². The minimum absolute atomic E-state index is 0.00382. The van der Waals surface area contributed by atoms with Crippen LogP contribution in [0.1, 0.15) is 51.4 Å². The van der Waals surface area contributed by atoms with Crippen LogP contribution in [0.2, 0.25) is 0 Å². The second-order valence-electron chi connectivity index (χ2n) is 11.5. The molecular weight excluding hydrogens is 602 g/mol. The van der Waals surface area contributed by atoms with E-state index in [0.717, 1.165) is 40.2 Å². The fourth-order valence-corrected chi connectivity index (χ4v) is 6.91. The Bertz CT molecular complexity index is 1750. The number of carbonyl (C=O) groups is 5. The van der Waals surface area contributed by atoms with Gasteiger partial charge in [0.2, 0.25) is 5.91 Å². The third kappa shape index (κ3) is 7.62. The summed E-state index contributed by atoms with van der Waals surface area (Å²) in [4.78, 5) is 77.8. The van der Waals surface area contributed by atoms with Crippen molar-refractivity contribution in [1.82, 2.24) is 20.3 Å². The molecule has 2 aromatic heterocycles. The number of sulfone groups is 1. The molecule has 0 radical (unpaired) electrons. The molecule has 13 nitrogen and oxygen atoms in total. The lowest BCUT2D eigenvalue weighted by Gasteiger charge is -2.28. The monoisotopic (exact) mass is 637 g/mol. The zero-order valence-corrected chi connectivity index (χ0v) is 25.8. The van der Waals surface area contributed by atoms with Crippen LogP contribution in [0.15, 0.2) is 42.7 Å². The van der Waals surface area contributed by atoms with Crippen LogP contribution >= 0.6 is 0 Å². The van der Waals surface area contributed by atoms with Gasteiger partial charge in [0.05, 0.1) is 28.7 Å². The summed E-state index contributed by atoms with van der Waals surface area (Å²) in [6, 6.07) is 9.09. The molecule has 1 aromatic carbocycles. The second-order valence-corrected chi connectivity index (χ2v) is 13.7. The molecule has 2 saturated heterocycles. The molecule has 1 N–H and O–H groups in total. The maximum Gasteiger partial charge on any atom is 0.333 e. The summed E-state index contributed by atoms with van der Waals surface area (Å²) >= 11 is 0. The largest absolute Gasteiger partial charge is 0.361 e. The minimum atomic E-state index is -3.58. The van der Waals surface area contributed by atoms with Crippen LogP contribution in [0.5, 0.6) is 0 Å². The Labute approximate surface area is 260 Å². The van der Waals surface area contributed by atoms with Gasteiger partial charge < -0.3 is 15.1 Å². The highest BCUT2D eigenvalue weighted by Gasteiger charge is 2.36. The minimum Gasteiger partial charge on any atom is -0.361 e. The first-order chi connectivity index (χ1) is 21.5. The molecule has 2 unspecified atom stereocenters. The van der Waals surface area contributed by atoms with Crippen LogP contribution in [0.25, 0.3) is 21.8 Å². The lowest BCUT2D eigenvalue weighted by atomic mass is 9.97. The molecule has 3 amide bonds. The van der Waals surface area contributed by atoms with Crippen molar-refractivity contribution in [3.05, 3.63) is 42.7 Å². The standard InChI is InChI=1S/C31H35N5O8S/c1-45(42,43)19-21(31(41)34-14-3-2-8-28(40)44-36-26(38)11-12-27(36)39)18-25(37)24-7-5-17-35(24)23-13-16-33-30-22(23)10-9-20-6-4-15-32-29(20)30/h4,6,9-10,13,15-16,21,24H,2-3,5,7-8,11-12,14,17-19H2,1H3,(H,34,41). The summed E-state index contributed by atoms with van der Waals surface area (Å²) in [5, 5.41) is 4.99. The van der Waals surface area contributed by atoms with Crippen molar-refractivity contribution in [1.29, 1.82) is 0 Å². The third-order valence-corrected chi connectivity index (χ3v) is 9.03. The number of benzene rings is 1. The topological polar surface area (TPSA) is 173 Å². The number of rotatable bonds is 13. The number of hydrogen-bond donors (Lipinski definition) is 1. The number of hydroxylamine groups is 2. The van der Waals surface area contributed by atoms with Crippen molar-refractivity contribution in [3.63, 3.8) is 0 Å². The van der Waals surface area contributed by atoms with E-state index in [9.17, 15) is 32.4 Å². The molecule has 3 aromatic rings. The number of nitrogens with zero attached hydrogens (tertiary/aromatic N) is 4. The number of fused-ring (bicyclic) bond motifs is 3. The number of anilines is 1. The van der Waals surface area contributed by atoms with Crippen LogP contribution in [0.4, 0.5) is 5.69 Å². The fraction of sp³-hybridized carbons (Fsp3) is 0.452. The first kappa shape index (κ1) is 31.9. The SMILES string of the molecule is CS(=O)(=O)CC(CC(=O)C1CCCN1c1ccnc2c1ccc1cccnc12)C(=O)NCCCCC(=O)ON1C(=O)CCC1=O. The summed E-state index contributed by atoms with van der Waals surface area (Å²) in [5.74, 6) is -4.18. The molecular formula is C31H35N5O8S. The number of imide groups is 1. The number of ketones is 1. The number of aromatic nitrogens is 2. The van der Waals surface area contributed by atoms with Gasteiger partial charge >= 0.3 is 5.97 Å². The third-order valence-electron chi connectivity index (χ3n) is 8.02. The lowest BCUT2D eigenvalue weighted by Crippen LogP contribution is -2.41. The number of hydrogen-bond acceptors (Lipinski definition) is 11. The smallest absolute Gasteiger partial charge is 0.333 e. The van der Waals surface area contributed by atoms with Crippen LogP contribution < -0.4 is 10.2 Å². The van der Waals surface area contributed by atoms with Gasteiger partial charge in [-0.1, -0.05) is 12.1 Å². The summed E-state index contributed by atoms with van der Waals surface area (Å²) in [5.41, 5.74) is 2.33. The molecule has 238 valence electrons. The Morgan fingerprint density at radius 2 is 1.78 bits per heavy atom. The van der Waals surface area contributed by atoms with Gasteiger partial charge in [-0.15, -0.1) is 5.06 Å². The van der Waals surface area contributed by atoms with Crippen LogP contribution in [-0.2, 0) is 38.6 Å². The fourth-order valence-electron chi connectivity index (χ4n) is 5.91. The van der Waals surface area contributed by atoms with Crippen molar-refractivity contribution in [3.8, 4) is 0 Å². The molecule has 0 aliphatic carbocycles. The van der Waals surface area contributed by atoms with Gasteiger partial charge in [-0.3, -0.25) is 29.1 Å². The Balaban J connectivity index is 1.20. The van der Waals surface area contributed by atoms with Crippen molar-refractivity contribution in [2.45, 2.75) is 57.4 Å². The Morgan fingerprint density at radius 1 is 1.02 bits per heavy atom. The average molecular weight is 638 g/mol.